The zero-order chi connectivity index (χ0) is 22.3. The van der Waals surface area contributed by atoms with E-state index in [-0.39, 0.29) is 60.1 Å². The van der Waals surface area contributed by atoms with Gasteiger partial charge in [0, 0.05) is 23.6 Å². The second-order valence-corrected chi connectivity index (χ2v) is 12.0. The van der Waals surface area contributed by atoms with E-state index in [9.17, 15) is 9.90 Å². The third-order valence-electron chi connectivity index (χ3n) is 7.65. The van der Waals surface area contributed by atoms with Crippen LogP contribution in [0, 0.1) is 11.8 Å². The van der Waals surface area contributed by atoms with E-state index in [1.54, 1.807) is 0 Å². The van der Waals surface area contributed by atoms with Gasteiger partial charge in [0.2, 0.25) is 0 Å². The van der Waals surface area contributed by atoms with E-state index < -0.39 is 11.7 Å². The molecule has 3 heterocycles. The second-order valence-electron chi connectivity index (χ2n) is 9.84. The Morgan fingerprint density at radius 1 is 1.29 bits per heavy atom. The topological polar surface area (TPSA) is 74.2 Å². The molecule has 10 atom stereocenters. The molecule has 4 fully saturated rings. The Labute approximate surface area is 203 Å². The van der Waals surface area contributed by atoms with Crippen molar-refractivity contribution < 1.29 is 28.8 Å². The van der Waals surface area contributed by atoms with Gasteiger partial charge in [0.15, 0.2) is 0 Å². The summed E-state index contributed by atoms with van der Waals surface area (Å²) in [5, 5.41) is 10.9. The van der Waals surface area contributed by atoms with Gasteiger partial charge in [-0.25, -0.2) is 0 Å². The summed E-state index contributed by atoms with van der Waals surface area (Å²) in [7, 11) is 1.40. The molecule has 4 bridgehead atoms. The molecular formula is C23H34ClIO6. The van der Waals surface area contributed by atoms with Crippen molar-refractivity contribution in [2.75, 3.05) is 7.11 Å². The Morgan fingerprint density at radius 2 is 2.06 bits per heavy atom. The van der Waals surface area contributed by atoms with Crippen molar-refractivity contribution >= 4 is 40.2 Å². The van der Waals surface area contributed by atoms with Gasteiger partial charge < -0.3 is 24.1 Å². The Bertz CT molecular complexity index is 691. The molecule has 4 aliphatic rings. The predicted molar refractivity (Wildman–Crippen MR) is 125 cm³/mol. The molecule has 0 spiro atoms. The summed E-state index contributed by atoms with van der Waals surface area (Å²) >= 11 is 8.78. The first-order chi connectivity index (χ1) is 14.7. The van der Waals surface area contributed by atoms with Crippen LogP contribution >= 0.6 is 34.2 Å². The second kappa shape index (κ2) is 9.74. The molecular weight excluding hydrogens is 535 g/mol. The standard InChI is InChI=1S/C23H34ClIO6/c1-12(25)8-14(24)6-7-23-10-16(17(26)11-23)20-13(2)21(31-23)22-18(30-20)5-4-15(29-22)9-19(27)28-3/h13-18,20-22,26H,1,4-11H2,2-3H3/t13?,14-,15-,16+,17?,18+,20?,21-,22+,23-/m1/s1. The number of fused-ring (bicyclic) bond motifs is 7. The number of carbonyl (C=O) groups excluding carboxylic acids is 1. The Balaban J connectivity index is 1.51. The van der Waals surface area contributed by atoms with Crippen LogP contribution in [0.3, 0.4) is 0 Å². The summed E-state index contributed by atoms with van der Waals surface area (Å²) in [5.41, 5.74) is -0.408. The van der Waals surface area contributed by atoms with Crippen molar-refractivity contribution in [1.29, 1.82) is 0 Å². The molecule has 31 heavy (non-hydrogen) atoms. The largest absolute Gasteiger partial charge is 0.469 e. The molecule has 0 aromatic heterocycles. The number of methoxy groups -OCH3 is 1. The monoisotopic (exact) mass is 568 g/mol. The molecule has 1 aliphatic carbocycles. The number of halogens is 2. The van der Waals surface area contributed by atoms with Gasteiger partial charge in [0.25, 0.3) is 0 Å². The number of aliphatic hydroxyl groups is 1. The third-order valence-corrected chi connectivity index (χ3v) is 8.46. The smallest absolute Gasteiger partial charge is 0.308 e. The van der Waals surface area contributed by atoms with Crippen molar-refractivity contribution in [3.05, 3.63) is 10.2 Å². The van der Waals surface area contributed by atoms with Gasteiger partial charge in [-0.15, -0.1) is 11.6 Å². The lowest BCUT2D eigenvalue weighted by atomic mass is 9.79. The minimum absolute atomic E-state index is 0.0120. The SMILES string of the molecule is C=C(I)C[C@H](Cl)CC[C@]12CC(O)[C@H](C1)C1O[C@H]3CC[C@H](CC(=O)OC)O[C@@H]3[C@H](O2)C1C. The molecule has 8 heteroatoms. The molecule has 176 valence electrons. The zero-order valence-electron chi connectivity index (χ0n) is 18.3. The number of esters is 1. The van der Waals surface area contributed by atoms with Gasteiger partial charge in [-0.3, -0.25) is 4.79 Å². The molecule has 1 saturated carbocycles. The first kappa shape index (κ1) is 24.2. The summed E-state index contributed by atoms with van der Waals surface area (Å²) in [6.07, 6.45) is 4.62. The van der Waals surface area contributed by atoms with Gasteiger partial charge in [0.05, 0.1) is 49.7 Å². The quantitative estimate of drug-likeness (QED) is 0.283. The number of alkyl halides is 1. The van der Waals surface area contributed by atoms with Crippen molar-refractivity contribution in [1.82, 2.24) is 0 Å². The third kappa shape index (κ3) is 5.11. The molecule has 1 N–H and O–H groups in total. The van der Waals surface area contributed by atoms with Gasteiger partial charge >= 0.3 is 5.97 Å². The highest BCUT2D eigenvalue weighted by atomic mass is 127. The summed E-state index contributed by atoms with van der Waals surface area (Å²) in [4.78, 5) is 11.8. The molecule has 3 saturated heterocycles. The molecule has 0 amide bonds. The van der Waals surface area contributed by atoms with Gasteiger partial charge in [-0.2, -0.15) is 0 Å². The van der Waals surface area contributed by atoms with Gasteiger partial charge in [-0.1, -0.05) is 13.5 Å². The number of aliphatic hydroxyl groups excluding tert-OH is 1. The highest BCUT2D eigenvalue weighted by molar-refractivity contribution is 14.1. The highest BCUT2D eigenvalue weighted by Gasteiger charge is 2.60. The lowest BCUT2D eigenvalue weighted by molar-refractivity contribution is -0.279. The van der Waals surface area contributed by atoms with Crippen molar-refractivity contribution in [3.63, 3.8) is 0 Å². The number of ether oxygens (including phenoxy) is 4. The fourth-order valence-electron chi connectivity index (χ4n) is 6.15. The van der Waals surface area contributed by atoms with E-state index in [0.29, 0.717) is 6.42 Å². The van der Waals surface area contributed by atoms with Crippen LogP contribution in [0.15, 0.2) is 10.2 Å². The minimum Gasteiger partial charge on any atom is -0.469 e. The highest BCUT2D eigenvalue weighted by Crippen LogP contribution is 2.53. The number of rotatable bonds is 7. The average molecular weight is 569 g/mol. The Hall–Kier alpha value is 0.0700. The van der Waals surface area contributed by atoms with E-state index in [4.69, 9.17) is 30.5 Å². The van der Waals surface area contributed by atoms with E-state index in [1.165, 1.54) is 7.11 Å². The van der Waals surface area contributed by atoms with Crippen LogP contribution in [0.4, 0.5) is 0 Å². The Morgan fingerprint density at radius 3 is 2.77 bits per heavy atom. The van der Waals surface area contributed by atoms with Crippen LogP contribution in [0.25, 0.3) is 0 Å². The molecule has 3 aliphatic heterocycles. The molecule has 0 aromatic carbocycles. The number of allylic oxidation sites excluding steroid dienone is 1. The zero-order valence-corrected chi connectivity index (χ0v) is 21.2. The lowest BCUT2D eigenvalue weighted by Crippen LogP contribution is -2.61. The van der Waals surface area contributed by atoms with Gasteiger partial charge in [-0.05, 0) is 64.7 Å². The summed E-state index contributed by atoms with van der Waals surface area (Å²) in [5.74, 6) is -0.0699. The first-order valence-electron chi connectivity index (χ1n) is 11.4. The van der Waals surface area contributed by atoms with Crippen molar-refractivity contribution in [2.45, 2.75) is 106 Å². The van der Waals surface area contributed by atoms with Gasteiger partial charge in [0.1, 0.15) is 6.10 Å². The number of carbonyl (C=O) groups is 1. The fourth-order valence-corrected chi connectivity index (χ4v) is 7.24. The van der Waals surface area contributed by atoms with Crippen LogP contribution < -0.4 is 0 Å². The van der Waals surface area contributed by atoms with Crippen LogP contribution in [-0.4, -0.2) is 65.8 Å². The van der Waals surface area contributed by atoms with Crippen molar-refractivity contribution in [3.8, 4) is 0 Å². The maximum absolute atomic E-state index is 11.8. The first-order valence-corrected chi connectivity index (χ1v) is 12.9. The number of hydrogen-bond donors (Lipinski definition) is 1. The average Bonchev–Trinajstić information content (AvgIpc) is 3.01. The van der Waals surface area contributed by atoms with E-state index in [1.807, 2.05) is 0 Å². The summed E-state index contributed by atoms with van der Waals surface area (Å²) in [6.45, 7) is 6.10. The van der Waals surface area contributed by atoms with Crippen molar-refractivity contribution in [2.24, 2.45) is 11.8 Å². The van der Waals surface area contributed by atoms with E-state index >= 15 is 0 Å². The minimum atomic E-state index is -0.421. The van der Waals surface area contributed by atoms with E-state index in [0.717, 1.165) is 42.1 Å². The maximum Gasteiger partial charge on any atom is 0.308 e. The summed E-state index contributed by atoms with van der Waals surface area (Å²) in [6, 6.07) is 0. The van der Waals surface area contributed by atoms with Crippen LogP contribution in [0.5, 0.6) is 0 Å². The molecule has 6 nitrogen and oxygen atoms in total. The van der Waals surface area contributed by atoms with E-state index in [2.05, 4.69) is 36.1 Å². The predicted octanol–water partition coefficient (Wildman–Crippen LogP) is 4.14. The van der Waals surface area contributed by atoms with Crippen LogP contribution in [-0.2, 0) is 23.7 Å². The lowest BCUT2D eigenvalue weighted by Gasteiger charge is -2.51. The maximum atomic E-state index is 11.8. The normalized spacial score (nSPS) is 44.8. The molecule has 3 unspecified atom stereocenters. The Kier molecular flexibility index (Phi) is 7.61. The summed E-state index contributed by atoms with van der Waals surface area (Å²) < 4.78 is 25.7. The molecule has 0 radical (unpaired) electrons. The van der Waals surface area contributed by atoms with Crippen LogP contribution in [0.2, 0.25) is 0 Å². The molecule has 4 rings (SSSR count). The van der Waals surface area contributed by atoms with Crippen LogP contribution in [0.1, 0.15) is 58.3 Å². The fraction of sp³-hybridized carbons (Fsp3) is 0.870. The molecule has 0 aromatic rings. The number of hydrogen-bond acceptors (Lipinski definition) is 6.